The summed E-state index contributed by atoms with van der Waals surface area (Å²) in [5.74, 6) is 0. The van der Waals surface area contributed by atoms with E-state index in [4.69, 9.17) is 14.2 Å². The molecule has 0 bridgehead atoms. The van der Waals surface area contributed by atoms with Crippen LogP contribution in [0.1, 0.15) is 75.9 Å². The van der Waals surface area contributed by atoms with E-state index < -0.39 is 0 Å². The molecule has 1 aliphatic rings. The Labute approximate surface area is 244 Å². The Morgan fingerprint density at radius 2 is 1.43 bits per heavy atom. The number of hydrogen-bond acceptors (Lipinski definition) is 4. The summed E-state index contributed by atoms with van der Waals surface area (Å²) in [6.07, 6.45) is 3.44. The monoisotopic (exact) mass is 554 g/mol. The van der Waals surface area contributed by atoms with E-state index in [2.05, 4.69) is 100 Å². The first-order chi connectivity index (χ1) is 19.5. The van der Waals surface area contributed by atoms with E-state index in [1.165, 1.54) is 37.6 Å². The molecule has 0 radical (unpaired) electrons. The van der Waals surface area contributed by atoms with Crippen molar-refractivity contribution < 1.29 is 14.2 Å². The van der Waals surface area contributed by atoms with Crippen LogP contribution in [0.5, 0.6) is 0 Å². The van der Waals surface area contributed by atoms with Crippen LogP contribution in [0, 0.1) is 13.8 Å². The molecule has 0 unspecified atom stereocenters. The lowest BCUT2D eigenvalue weighted by Crippen LogP contribution is -2.46. The Hall–Kier alpha value is -2.76. The molecule has 5 rings (SSSR count). The maximum absolute atomic E-state index is 6.85. The van der Waals surface area contributed by atoms with Crippen LogP contribution < -0.4 is 0 Å². The summed E-state index contributed by atoms with van der Waals surface area (Å²) in [4.78, 5) is 2.85. The Bertz CT molecular complexity index is 1350. The minimum atomic E-state index is -0.214. The van der Waals surface area contributed by atoms with Crippen LogP contribution in [0.25, 0.3) is 0 Å². The quantitative estimate of drug-likeness (QED) is 0.185. The van der Waals surface area contributed by atoms with Gasteiger partial charge in [-0.05, 0) is 72.2 Å². The number of hydrogen-bond donors (Lipinski definition) is 0. The number of thiophene rings is 1. The van der Waals surface area contributed by atoms with Crippen molar-refractivity contribution in [1.29, 1.82) is 0 Å². The van der Waals surface area contributed by atoms with Gasteiger partial charge < -0.3 is 14.2 Å². The van der Waals surface area contributed by atoms with Gasteiger partial charge in [-0.2, -0.15) is 0 Å². The van der Waals surface area contributed by atoms with Gasteiger partial charge in [0.15, 0.2) is 0 Å². The Kier molecular flexibility index (Phi) is 9.88. The molecule has 4 heteroatoms. The third kappa shape index (κ3) is 7.11. The van der Waals surface area contributed by atoms with Crippen molar-refractivity contribution >= 4 is 11.3 Å². The molecule has 1 fully saturated rings. The molecular formula is C36H42O3S. The van der Waals surface area contributed by atoms with Gasteiger partial charge in [-0.1, -0.05) is 86.6 Å². The molecule has 3 nitrogen and oxygen atoms in total. The summed E-state index contributed by atoms with van der Waals surface area (Å²) in [5, 5.41) is 0. The van der Waals surface area contributed by atoms with E-state index in [0.717, 1.165) is 31.2 Å². The Balaban J connectivity index is 1.46. The third-order valence-electron chi connectivity index (χ3n) is 8.01. The lowest BCUT2D eigenvalue weighted by atomic mass is 9.87. The summed E-state index contributed by atoms with van der Waals surface area (Å²) in [5.41, 5.74) is 7.49. The largest absolute Gasteiger partial charge is 0.371 e. The highest BCUT2D eigenvalue weighted by atomic mass is 32.1. The summed E-state index contributed by atoms with van der Waals surface area (Å²) < 4.78 is 20.2. The third-order valence-corrected chi connectivity index (χ3v) is 9.24. The molecule has 0 aliphatic carbocycles. The van der Waals surface area contributed by atoms with Crippen LogP contribution in [-0.2, 0) is 40.3 Å². The zero-order valence-electron chi connectivity index (χ0n) is 24.3. The smallest absolute Gasteiger partial charge is 0.114 e. The first-order valence-electron chi connectivity index (χ1n) is 14.7. The minimum Gasteiger partial charge on any atom is -0.371 e. The molecule has 0 spiro atoms. The molecule has 1 aromatic heterocycles. The maximum atomic E-state index is 6.85. The fourth-order valence-electron chi connectivity index (χ4n) is 5.65. The molecule has 210 valence electrons. The van der Waals surface area contributed by atoms with Crippen molar-refractivity contribution in [2.45, 2.75) is 91.0 Å². The van der Waals surface area contributed by atoms with Crippen molar-refractivity contribution in [3.8, 4) is 0 Å². The molecule has 1 saturated heterocycles. The van der Waals surface area contributed by atoms with Gasteiger partial charge in [-0.15, -0.1) is 11.3 Å². The Morgan fingerprint density at radius 1 is 0.775 bits per heavy atom. The minimum absolute atomic E-state index is 0.0684. The summed E-state index contributed by atoms with van der Waals surface area (Å²) in [6.45, 7) is 9.96. The van der Waals surface area contributed by atoms with Crippen molar-refractivity contribution in [2.75, 3.05) is 0 Å². The van der Waals surface area contributed by atoms with Crippen LogP contribution in [0.3, 0.4) is 0 Å². The predicted molar refractivity (Wildman–Crippen MR) is 165 cm³/mol. The van der Waals surface area contributed by atoms with Gasteiger partial charge in [0.25, 0.3) is 0 Å². The highest BCUT2D eigenvalue weighted by Crippen LogP contribution is 2.39. The van der Waals surface area contributed by atoms with Gasteiger partial charge in [0, 0.05) is 22.6 Å². The van der Waals surface area contributed by atoms with Gasteiger partial charge in [0.05, 0.1) is 25.4 Å². The van der Waals surface area contributed by atoms with Crippen molar-refractivity contribution in [3.05, 3.63) is 128 Å². The summed E-state index contributed by atoms with van der Waals surface area (Å²) in [7, 11) is 0. The topological polar surface area (TPSA) is 27.7 Å². The zero-order chi connectivity index (χ0) is 27.9. The van der Waals surface area contributed by atoms with Crippen molar-refractivity contribution in [1.82, 2.24) is 0 Å². The predicted octanol–water partition coefficient (Wildman–Crippen LogP) is 8.93. The summed E-state index contributed by atoms with van der Waals surface area (Å²) >= 11 is 1.92. The molecule has 0 amide bonds. The average Bonchev–Trinajstić information content (AvgIpc) is 3.45. The van der Waals surface area contributed by atoms with Gasteiger partial charge in [0.2, 0.25) is 0 Å². The second-order valence-corrected chi connectivity index (χ2v) is 12.2. The zero-order valence-corrected chi connectivity index (χ0v) is 25.1. The fourth-order valence-corrected chi connectivity index (χ4v) is 6.63. The molecular weight excluding hydrogens is 512 g/mol. The number of benzene rings is 3. The lowest BCUT2D eigenvalue weighted by Gasteiger charge is -2.42. The summed E-state index contributed by atoms with van der Waals surface area (Å²) in [6, 6.07) is 30.1. The molecule has 3 aromatic carbocycles. The molecule has 4 atom stereocenters. The molecule has 1 aliphatic heterocycles. The average molecular weight is 555 g/mol. The SMILES string of the molecule is CCc1ccc(Cc2cc([C@@H]3O[C@H](CC)C[C@H](OCc4ccccc4)[C@H]3OCc3ccccc3)c(C)cc2C)s1. The number of ether oxygens (including phenoxy) is 3. The lowest BCUT2D eigenvalue weighted by molar-refractivity contribution is -0.211. The molecule has 4 aromatic rings. The van der Waals surface area contributed by atoms with Crippen molar-refractivity contribution in [3.63, 3.8) is 0 Å². The van der Waals surface area contributed by atoms with Crippen LogP contribution >= 0.6 is 11.3 Å². The van der Waals surface area contributed by atoms with E-state index in [0.29, 0.717) is 13.2 Å². The van der Waals surface area contributed by atoms with Crippen LogP contribution in [-0.4, -0.2) is 18.3 Å². The standard InChI is InChI=1S/C36H42O3S/c1-5-30-22-34(37-23-27-13-9-7-10-14-27)36(38-24-28-15-11-8-12-16-28)35(39-30)33-21-29(25(3)19-26(33)4)20-32-18-17-31(6-2)40-32/h7-19,21,30,34-36H,5-6,20,22-24H2,1-4H3/t30-,34+,35+,36-/m1/s1. The normalized spacial score (nSPS) is 21.0. The van der Waals surface area contributed by atoms with E-state index in [1.807, 2.05) is 23.5 Å². The molecule has 0 saturated carbocycles. The second kappa shape index (κ2) is 13.7. The highest BCUT2D eigenvalue weighted by Gasteiger charge is 2.41. The number of aryl methyl sites for hydroxylation is 3. The molecule has 2 heterocycles. The van der Waals surface area contributed by atoms with Crippen molar-refractivity contribution in [2.24, 2.45) is 0 Å². The van der Waals surface area contributed by atoms with Gasteiger partial charge in [0.1, 0.15) is 12.2 Å². The van der Waals surface area contributed by atoms with E-state index >= 15 is 0 Å². The van der Waals surface area contributed by atoms with Gasteiger partial charge >= 0.3 is 0 Å². The van der Waals surface area contributed by atoms with E-state index in [1.54, 1.807) is 0 Å². The maximum Gasteiger partial charge on any atom is 0.114 e. The molecule has 0 N–H and O–H groups in total. The van der Waals surface area contributed by atoms with E-state index in [9.17, 15) is 0 Å². The second-order valence-electron chi connectivity index (χ2n) is 11.0. The van der Waals surface area contributed by atoms with Gasteiger partial charge in [-0.3, -0.25) is 0 Å². The van der Waals surface area contributed by atoms with Crippen LogP contribution in [0.4, 0.5) is 0 Å². The van der Waals surface area contributed by atoms with Crippen LogP contribution in [0.2, 0.25) is 0 Å². The molecule has 40 heavy (non-hydrogen) atoms. The fraction of sp³-hybridized carbons (Fsp3) is 0.389. The van der Waals surface area contributed by atoms with Gasteiger partial charge in [-0.25, -0.2) is 0 Å². The Morgan fingerprint density at radius 3 is 2.05 bits per heavy atom. The number of rotatable bonds is 11. The highest BCUT2D eigenvalue weighted by molar-refractivity contribution is 7.12. The van der Waals surface area contributed by atoms with Crippen LogP contribution in [0.15, 0.2) is 84.9 Å². The first kappa shape index (κ1) is 28.8. The van der Waals surface area contributed by atoms with E-state index in [-0.39, 0.29) is 24.4 Å². The first-order valence-corrected chi connectivity index (χ1v) is 15.5.